The first-order valence-electron chi connectivity index (χ1n) is 6.19. The van der Waals surface area contributed by atoms with Gasteiger partial charge in [0.05, 0.1) is 11.0 Å². The molecule has 0 fully saturated rings. The molecule has 0 amide bonds. The topological polar surface area (TPSA) is 72.6 Å². The van der Waals surface area contributed by atoms with E-state index in [2.05, 4.69) is 0 Å². The first kappa shape index (κ1) is 14.0. The fourth-order valence-corrected chi connectivity index (χ4v) is 1.99. The highest BCUT2D eigenvalue weighted by molar-refractivity contribution is 5.54. The standard InChI is InChI=1S/C15H15NO4/c1-10-6-5-9-14(15(10)16(18)19)20-13-8-4-3-7-12(13)11(2)17/h3-9,11,17H,1-2H3/t11-/m0/s1. The van der Waals surface area contributed by atoms with Crippen molar-refractivity contribution in [3.63, 3.8) is 0 Å². The zero-order valence-corrected chi connectivity index (χ0v) is 11.2. The Kier molecular flexibility index (Phi) is 4.00. The van der Waals surface area contributed by atoms with E-state index in [4.69, 9.17) is 4.74 Å². The summed E-state index contributed by atoms with van der Waals surface area (Å²) in [4.78, 5) is 10.7. The predicted molar refractivity (Wildman–Crippen MR) is 75.0 cm³/mol. The third-order valence-corrected chi connectivity index (χ3v) is 2.97. The number of benzene rings is 2. The number of aliphatic hydroxyl groups excluding tert-OH is 1. The van der Waals surface area contributed by atoms with Gasteiger partial charge in [0.25, 0.3) is 0 Å². The van der Waals surface area contributed by atoms with Crippen LogP contribution in [0.2, 0.25) is 0 Å². The van der Waals surface area contributed by atoms with E-state index in [0.29, 0.717) is 16.9 Å². The molecule has 0 aromatic heterocycles. The van der Waals surface area contributed by atoms with Gasteiger partial charge in [0.2, 0.25) is 5.75 Å². The van der Waals surface area contributed by atoms with Crippen LogP contribution in [0.1, 0.15) is 24.2 Å². The molecule has 0 heterocycles. The quantitative estimate of drug-likeness (QED) is 0.680. The normalized spacial score (nSPS) is 11.9. The number of nitro benzene ring substituents is 1. The van der Waals surface area contributed by atoms with E-state index in [-0.39, 0.29) is 11.4 Å². The lowest BCUT2D eigenvalue weighted by molar-refractivity contribution is -0.386. The number of hydrogen-bond donors (Lipinski definition) is 1. The summed E-state index contributed by atoms with van der Waals surface area (Å²) in [6.07, 6.45) is -0.713. The van der Waals surface area contributed by atoms with E-state index in [9.17, 15) is 15.2 Å². The van der Waals surface area contributed by atoms with Crippen molar-refractivity contribution in [1.82, 2.24) is 0 Å². The fraction of sp³-hybridized carbons (Fsp3) is 0.200. The van der Waals surface area contributed by atoms with Crippen molar-refractivity contribution in [3.8, 4) is 11.5 Å². The maximum atomic E-state index is 11.1. The lowest BCUT2D eigenvalue weighted by atomic mass is 10.1. The molecule has 1 N–H and O–H groups in total. The molecule has 2 rings (SSSR count). The number of aryl methyl sites for hydroxylation is 1. The van der Waals surface area contributed by atoms with Gasteiger partial charge in [0, 0.05) is 11.1 Å². The van der Waals surface area contributed by atoms with Crippen LogP contribution in [-0.2, 0) is 0 Å². The largest absolute Gasteiger partial charge is 0.450 e. The van der Waals surface area contributed by atoms with Gasteiger partial charge in [-0.15, -0.1) is 0 Å². The molecule has 0 unspecified atom stereocenters. The molecular weight excluding hydrogens is 258 g/mol. The third kappa shape index (κ3) is 2.78. The maximum absolute atomic E-state index is 11.1. The lowest BCUT2D eigenvalue weighted by Gasteiger charge is -2.13. The number of para-hydroxylation sites is 2. The number of rotatable bonds is 4. The molecule has 104 valence electrons. The van der Waals surface area contributed by atoms with Crippen LogP contribution in [-0.4, -0.2) is 10.0 Å². The molecule has 2 aromatic carbocycles. The molecule has 0 bridgehead atoms. The van der Waals surface area contributed by atoms with Crippen molar-refractivity contribution in [3.05, 3.63) is 63.7 Å². The summed E-state index contributed by atoms with van der Waals surface area (Å²) in [5.74, 6) is 0.583. The third-order valence-electron chi connectivity index (χ3n) is 2.97. The summed E-state index contributed by atoms with van der Waals surface area (Å²) < 4.78 is 5.64. The Labute approximate surface area is 116 Å². The van der Waals surface area contributed by atoms with Crippen LogP contribution in [0.4, 0.5) is 5.69 Å². The van der Waals surface area contributed by atoms with Gasteiger partial charge in [-0.05, 0) is 26.0 Å². The molecule has 0 aliphatic heterocycles. The lowest BCUT2D eigenvalue weighted by Crippen LogP contribution is -1.99. The van der Waals surface area contributed by atoms with E-state index in [1.165, 1.54) is 0 Å². The Bertz CT molecular complexity index is 638. The monoisotopic (exact) mass is 273 g/mol. The molecule has 0 aliphatic rings. The van der Waals surface area contributed by atoms with Gasteiger partial charge < -0.3 is 9.84 Å². The van der Waals surface area contributed by atoms with Crippen LogP contribution in [0.15, 0.2) is 42.5 Å². The molecule has 0 saturated carbocycles. The molecule has 20 heavy (non-hydrogen) atoms. The van der Waals surface area contributed by atoms with Gasteiger partial charge in [-0.3, -0.25) is 10.1 Å². The minimum atomic E-state index is -0.713. The minimum Gasteiger partial charge on any atom is -0.450 e. The van der Waals surface area contributed by atoms with Crippen LogP contribution >= 0.6 is 0 Å². The number of aliphatic hydroxyl groups is 1. The summed E-state index contributed by atoms with van der Waals surface area (Å²) in [5, 5.41) is 20.8. The number of hydrogen-bond acceptors (Lipinski definition) is 4. The molecule has 5 heteroatoms. The van der Waals surface area contributed by atoms with E-state index in [0.717, 1.165) is 0 Å². The minimum absolute atomic E-state index is 0.0621. The second kappa shape index (κ2) is 5.71. The Balaban J connectivity index is 2.46. The van der Waals surface area contributed by atoms with Gasteiger partial charge in [-0.25, -0.2) is 0 Å². The van der Waals surface area contributed by atoms with Crippen LogP contribution in [0.25, 0.3) is 0 Å². The smallest absolute Gasteiger partial charge is 0.314 e. The molecule has 0 spiro atoms. The first-order chi connectivity index (χ1) is 9.50. The van der Waals surface area contributed by atoms with Crippen molar-refractivity contribution >= 4 is 5.69 Å². The Hall–Kier alpha value is -2.40. The average Bonchev–Trinajstić information content (AvgIpc) is 2.38. The van der Waals surface area contributed by atoms with Gasteiger partial charge in [-0.2, -0.15) is 0 Å². The Morgan fingerprint density at radius 2 is 1.80 bits per heavy atom. The number of nitrogens with zero attached hydrogens (tertiary/aromatic N) is 1. The second-order valence-electron chi connectivity index (χ2n) is 4.49. The molecule has 0 aliphatic carbocycles. The summed E-state index contributed by atoms with van der Waals surface area (Å²) in [7, 11) is 0. The average molecular weight is 273 g/mol. The van der Waals surface area contributed by atoms with Gasteiger partial charge in [0.1, 0.15) is 5.75 Å². The highest BCUT2D eigenvalue weighted by Gasteiger charge is 2.20. The van der Waals surface area contributed by atoms with Gasteiger partial charge >= 0.3 is 5.69 Å². The van der Waals surface area contributed by atoms with E-state index in [1.807, 2.05) is 0 Å². The summed E-state index contributed by atoms with van der Waals surface area (Å²) in [5.41, 5.74) is 1.05. The molecule has 0 saturated heterocycles. The highest BCUT2D eigenvalue weighted by Crippen LogP contribution is 2.36. The number of ether oxygens (including phenoxy) is 1. The molecular formula is C15H15NO4. The van der Waals surface area contributed by atoms with Crippen molar-refractivity contribution < 1.29 is 14.8 Å². The summed E-state index contributed by atoms with van der Waals surface area (Å²) in [6, 6.07) is 11.8. The molecule has 5 nitrogen and oxygen atoms in total. The zero-order valence-electron chi connectivity index (χ0n) is 11.2. The fourth-order valence-electron chi connectivity index (χ4n) is 1.99. The Morgan fingerprint density at radius 1 is 1.15 bits per heavy atom. The van der Waals surface area contributed by atoms with Crippen molar-refractivity contribution in [2.75, 3.05) is 0 Å². The van der Waals surface area contributed by atoms with Crippen LogP contribution in [0.5, 0.6) is 11.5 Å². The van der Waals surface area contributed by atoms with Crippen molar-refractivity contribution in [2.24, 2.45) is 0 Å². The van der Waals surface area contributed by atoms with Gasteiger partial charge in [0.15, 0.2) is 0 Å². The predicted octanol–water partition coefficient (Wildman–Crippen LogP) is 3.75. The van der Waals surface area contributed by atoms with Crippen molar-refractivity contribution in [1.29, 1.82) is 0 Å². The highest BCUT2D eigenvalue weighted by atomic mass is 16.6. The second-order valence-corrected chi connectivity index (χ2v) is 4.49. The number of nitro groups is 1. The van der Waals surface area contributed by atoms with E-state index >= 15 is 0 Å². The first-order valence-corrected chi connectivity index (χ1v) is 6.19. The molecule has 0 radical (unpaired) electrons. The Morgan fingerprint density at radius 3 is 2.45 bits per heavy atom. The molecule has 2 aromatic rings. The molecule has 1 atom stereocenters. The summed E-state index contributed by atoms with van der Waals surface area (Å²) in [6.45, 7) is 3.28. The summed E-state index contributed by atoms with van der Waals surface area (Å²) >= 11 is 0. The van der Waals surface area contributed by atoms with Crippen LogP contribution < -0.4 is 4.74 Å². The van der Waals surface area contributed by atoms with Crippen molar-refractivity contribution in [2.45, 2.75) is 20.0 Å². The maximum Gasteiger partial charge on any atom is 0.314 e. The van der Waals surface area contributed by atoms with Crippen LogP contribution in [0, 0.1) is 17.0 Å². The van der Waals surface area contributed by atoms with Gasteiger partial charge in [-0.1, -0.05) is 30.3 Å². The SMILES string of the molecule is Cc1cccc(Oc2ccccc2[C@H](C)O)c1[N+](=O)[O-]. The van der Waals surface area contributed by atoms with Crippen LogP contribution in [0.3, 0.4) is 0 Å². The zero-order chi connectivity index (χ0) is 14.7. The van der Waals surface area contributed by atoms with E-state index in [1.54, 1.807) is 56.3 Å². The van der Waals surface area contributed by atoms with E-state index < -0.39 is 11.0 Å².